The molecule has 0 bridgehead atoms. The molecule has 1 unspecified atom stereocenters. The smallest absolute Gasteiger partial charge is 0.303 e. The highest BCUT2D eigenvalue weighted by Gasteiger charge is 2.22. The maximum absolute atomic E-state index is 12.6. The van der Waals surface area contributed by atoms with Gasteiger partial charge >= 0.3 is 5.97 Å². The van der Waals surface area contributed by atoms with E-state index in [4.69, 9.17) is 9.72 Å². The van der Waals surface area contributed by atoms with E-state index in [1.165, 1.54) is 5.56 Å². The normalized spacial score (nSPS) is 15.4. The second kappa shape index (κ2) is 9.94. The van der Waals surface area contributed by atoms with Gasteiger partial charge in [0.05, 0.1) is 13.0 Å². The molecule has 3 heterocycles. The fraction of sp³-hybridized carbons (Fsp3) is 0.480. The molecule has 0 amide bonds. The number of aromatic nitrogens is 1. The molecule has 0 aliphatic carbocycles. The highest BCUT2D eigenvalue weighted by atomic mass is 16.5. The number of nitrogens with zero attached hydrogens (tertiary/aromatic N) is 1. The van der Waals surface area contributed by atoms with Crippen molar-refractivity contribution in [1.82, 2.24) is 4.98 Å². The number of nitrogens with one attached hydrogen (secondary N) is 1. The number of carboxylic acid groups (broad SMARTS) is 1. The van der Waals surface area contributed by atoms with Gasteiger partial charge in [-0.25, -0.2) is 4.98 Å². The van der Waals surface area contributed by atoms with E-state index in [-0.39, 0.29) is 24.5 Å². The quantitative estimate of drug-likeness (QED) is 0.555. The zero-order valence-electron chi connectivity index (χ0n) is 17.9. The molecule has 0 spiro atoms. The Bertz CT molecular complexity index is 957. The first-order valence-electron chi connectivity index (χ1n) is 11.3. The van der Waals surface area contributed by atoms with E-state index in [9.17, 15) is 14.7 Å². The van der Waals surface area contributed by atoms with E-state index < -0.39 is 5.97 Å². The predicted molar refractivity (Wildman–Crippen MR) is 119 cm³/mol. The van der Waals surface area contributed by atoms with Crippen molar-refractivity contribution in [3.8, 4) is 5.75 Å². The highest BCUT2D eigenvalue weighted by molar-refractivity contribution is 5.80. The third-order valence-corrected chi connectivity index (χ3v) is 6.18. The van der Waals surface area contributed by atoms with E-state index in [2.05, 4.69) is 17.4 Å². The summed E-state index contributed by atoms with van der Waals surface area (Å²) in [5.74, 6) is 0.758. The van der Waals surface area contributed by atoms with Gasteiger partial charge in [-0.2, -0.15) is 0 Å². The molecule has 0 radical (unpaired) electrons. The highest BCUT2D eigenvalue weighted by Crippen LogP contribution is 2.32. The molecule has 1 aromatic heterocycles. The number of ketones is 1. The molecule has 164 valence electrons. The summed E-state index contributed by atoms with van der Waals surface area (Å²) in [6.45, 7) is 1.64. The number of hydrogen-bond acceptors (Lipinski definition) is 5. The van der Waals surface area contributed by atoms with Gasteiger partial charge in [0.15, 0.2) is 0 Å². The summed E-state index contributed by atoms with van der Waals surface area (Å²) < 4.78 is 5.61. The van der Waals surface area contributed by atoms with Crippen LogP contribution in [0.2, 0.25) is 0 Å². The van der Waals surface area contributed by atoms with Gasteiger partial charge in [0.2, 0.25) is 0 Å². The van der Waals surface area contributed by atoms with Crippen LogP contribution in [0.5, 0.6) is 5.75 Å². The lowest BCUT2D eigenvalue weighted by Crippen LogP contribution is -2.14. The maximum atomic E-state index is 12.6. The molecule has 2 N–H and O–H groups in total. The van der Waals surface area contributed by atoms with Crippen molar-refractivity contribution in [2.45, 2.75) is 63.7 Å². The number of rotatable bonds is 10. The van der Waals surface area contributed by atoms with Gasteiger partial charge in [-0.3, -0.25) is 9.59 Å². The van der Waals surface area contributed by atoms with Crippen LogP contribution >= 0.6 is 0 Å². The van der Waals surface area contributed by atoms with Crippen LogP contribution in [-0.4, -0.2) is 35.0 Å². The van der Waals surface area contributed by atoms with Crippen LogP contribution in [0.1, 0.15) is 66.8 Å². The SMILES string of the molecule is O=C(O)CC(CC(=O)CCCCc1ccc2c(n1)NCCC2)c1ccc2c(c1)OCC2. The van der Waals surface area contributed by atoms with Crippen molar-refractivity contribution in [3.63, 3.8) is 0 Å². The van der Waals surface area contributed by atoms with E-state index in [0.717, 1.165) is 73.5 Å². The Morgan fingerprint density at radius 1 is 1.10 bits per heavy atom. The third-order valence-electron chi connectivity index (χ3n) is 6.18. The average Bonchev–Trinajstić information content (AvgIpc) is 3.24. The van der Waals surface area contributed by atoms with Crippen molar-refractivity contribution in [3.05, 3.63) is 52.7 Å². The Kier molecular flexibility index (Phi) is 6.85. The average molecular weight is 423 g/mol. The Balaban J connectivity index is 1.27. The van der Waals surface area contributed by atoms with Crippen molar-refractivity contribution in [1.29, 1.82) is 0 Å². The molecule has 0 fully saturated rings. The number of hydrogen-bond donors (Lipinski definition) is 2. The Morgan fingerprint density at radius 3 is 2.84 bits per heavy atom. The first-order valence-corrected chi connectivity index (χ1v) is 11.3. The monoisotopic (exact) mass is 422 g/mol. The van der Waals surface area contributed by atoms with Crippen LogP contribution in [0.15, 0.2) is 30.3 Å². The molecular formula is C25H30N2O4. The van der Waals surface area contributed by atoms with Gasteiger partial charge in [0.25, 0.3) is 0 Å². The Morgan fingerprint density at radius 2 is 1.97 bits per heavy atom. The van der Waals surface area contributed by atoms with Gasteiger partial charge in [-0.05, 0) is 60.9 Å². The van der Waals surface area contributed by atoms with Crippen LogP contribution in [0.25, 0.3) is 0 Å². The summed E-state index contributed by atoms with van der Waals surface area (Å²) in [6.07, 6.45) is 6.33. The number of carbonyl (C=O) groups excluding carboxylic acids is 1. The molecule has 1 aromatic carbocycles. The number of pyridine rings is 1. The minimum atomic E-state index is -0.883. The standard InChI is InChI=1S/C25H30N2O4/c28-22(6-2-1-5-21-10-9-18-4-3-12-26-25(18)27-21)14-20(16-24(29)30)19-8-7-17-11-13-31-23(17)15-19/h7-10,15,20H,1-6,11-14,16H2,(H,26,27)(H,29,30). The summed E-state index contributed by atoms with van der Waals surface area (Å²) in [5.41, 5.74) is 4.37. The molecule has 0 saturated heterocycles. The molecule has 6 heteroatoms. The second-order valence-corrected chi connectivity index (χ2v) is 8.55. The summed E-state index contributed by atoms with van der Waals surface area (Å²) in [7, 11) is 0. The van der Waals surface area contributed by atoms with E-state index in [1.54, 1.807) is 0 Å². The number of ether oxygens (including phenoxy) is 1. The minimum absolute atomic E-state index is 0.0451. The fourth-order valence-electron chi connectivity index (χ4n) is 4.47. The number of anilines is 1. The zero-order valence-corrected chi connectivity index (χ0v) is 17.9. The minimum Gasteiger partial charge on any atom is -0.493 e. The molecule has 2 aliphatic rings. The fourth-order valence-corrected chi connectivity index (χ4v) is 4.47. The number of unbranched alkanes of at least 4 members (excludes halogenated alkanes) is 1. The molecule has 4 rings (SSSR count). The van der Waals surface area contributed by atoms with Crippen LogP contribution < -0.4 is 10.1 Å². The first kappa shape index (κ1) is 21.3. The lowest BCUT2D eigenvalue weighted by atomic mass is 9.88. The molecular weight excluding hydrogens is 392 g/mol. The van der Waals surface area contributed by atoms with Gasteiger partial charge in [-0.15, -0.1) is 0 Å². The van der Waals surface area contributed by atoms with Crippen LogP contribution in [0.4, 0.5) is 5.82 Å². The number of carbonyl (C=O) groups is 2. The van der Waals surface area contributed by atoms with Crippen LogP contribution in [0.3, 0.4) is 0 Å². The summed E-state index contributed by atoms with van der Waals surface area (Å²) in [4.78, 5) is 28.7. The molecule has 31 heavy (non-hydrogen) atoms. The molecule has 6 nitrogen and oxygen atoms in total. The van der Waals surface area contributed by atoms with Crippen LogP contribution in [-0.2, 0) is 28.9 Å². The topological polar surface area (TPSA) is 88.5 Å². The zero-order chi connectivity index (χ0) is 21.6. The number of aliphatic carboxylic acids is 1. The van der Waals surface area contributed by atoms with Crippen molar-refractivity contribution < 1.29 is 19.4 Å². The number of benzene rings is 1. The van der Waals surface area contributed by atoms with Crippen molar-refractivity contribution in [2.24, 2.45) is 0 Å². The van der Waals surface area contributed by atoms with Crippen molar-refractivity contribution >= 4 is 17.6 Å². The molecule has 1 atom stereocenters. The summed E-state index contributed by atoms with van der Waals surface area (Å²) in [5, 5.41) is 12.7. The third kappa shape index (κ3) is 5.63. The van der Waals surface area contributed by atoms with E-state index in [0.29, 0.717) is 13.0 Å². The van der Waals surface area contributed by atoms with E-state index >= 15 is 0 Å². The molecule has 0 saturated carbocycles. The summed E-state index contributed by atoms with van der Waals surface area (Å²) in [6, 6.07) is 10.1. The van der Waals surface area contributed by atoms with Gasteiger partial charge in [0.1, 0.15) is 17.4 Å². The molecule has 2 aromatic rings. The van der Waals surface area contributed by atoms with Gasteiger partial charge < -0.3 is 15.2 Å². The number of fused-ring (bicyclic) bond motifs is 2. The first-order chi connectivity index (χ1) is 15.1. The van der Waals surface area contributed by atoms with Crippen LogP contribution in [0, 0.1) is 0 Å². The predicted octanol–water partition coefficient (Wildman–Crippen LogP) is 4.31. The second-order valence-electron chi connectivity index (χ2n) is 8.55. The lowest BCUT2D eigenvalue weighted by molar-refractivity contribution is -0.137. The van der Waals surface area contributed by atoms with Gasteiger partial charge in [-0.1, -0.05) is 18.2 Å². The lowest BCUT2D eigenvalue weighted by Gasteiger charge is -2.17. The van der Waals surface area contributed by atoms with Gasteiger partial charge in [0, 0.05) is 37.4 Å². The van der Waals surface area contributed by atoms with E-state index in [1.807, 2.05) is 18.2 Å². The largest absolute Gasteiger partial charge is 0.493 e. The number of carboxylic acids is 1. The Hall–Kier alpha value is -2.89. The maximum Gasteiger partial charge on any atom is 0.303 e. The number of Topliss-reactive ketones (excluding diaryl/α,β-unsaturated/α-hetero) is 1. The number of aryl methyl sites for hydroxylation is 2. The summed E-state index contributed by atoms with van der Waals surface area (Å²) >= 11 is 0. The molecule has 2 aliphatic heterocycles. The Labute approximate surface area is 183 Å². The van der Waals surface area contributed by atoms with Crippen molar-refractivity contribution in [2.75, 3.05) is 18.5 Å².